The van der Waals surface area contributed by atoms with Crippen LogP contribution in [-0.4, -0.2) is 12.2 Å². The fourth-order valence-electron chi connectivity index (χ4n) is 1.71. The van der Waals surface area contributed by atoms with Crippen LogP contribution >= 0.6 is 11.6 Å². The summed E-state index contributed by atoms with van der Waals surface area (Å²) in [4.78, 5) is 0. The maximum absolute atomic E-state index is 12.0. The minimum atomic E-state index is -4.06. The van der Waals surface area contributed by atoms with E-state index in [-0.39, 0.29) is 12.5 Å². The molecule has 0 saturated heterocycles. The lowest BCUT2D eigenvalue weighted by Crippen LogP contribution is -2.17. The summed E-state index contributed by atoms with van der Waals surface area (Å²) in [6.07, 6.45) is -4.18. The lowest BCUT2D eigenvalue weighted by molar-refractivity contribution is -0.135. The van der Waals surface area contributed by atoms with Crippen molar-refractivity contribution in [3.8, 4) is 0 Å². The first-order chi connectivity index (χ1) is 8.29. The van der Waals surface area contributed by atoms with Crippen molar-refractivity contribution in [2.24, 2.45) is 0 Å². The molecule has 5 heteroatoms. The third-order valence-corrected chi connectivity index (χ3v) is 3.18. The Morgan fingerprint density at radius 3 is 2.61 bits per heavy atom. The smallest absolute Gasteiger partial charge is 0.382 e. The molecule has 18 heavy (non-hydrogen) atoms. The van der Waals surface area contributed by atoms with Crippen molar-refractivity contribution in [2.45, 2.75) is 45.3 Å². The van der Waals surface area contributed by atoms with E-state index in [0.717, 1.165) is 11.3 Å². The van der Waals surface area contributed by atoms with Crippen molar-refractivity contribution in [1.82, 2.24) is 0 Å². The molecule has 0 aliphatic carbocycles. The van der Waals surface area contributed by atoms with Gasteiger partial charge in [-0.05, 0) is 44.4 Å². The molecule has 0 aliphatic heterocycles. The molecule has 1 unspecified atom stereocenters. The number of halogens is 4. The Hall–Kier alpha value is -0.900. The summed E-state index contributed by atoms with van der Waals surface area (Å²) in [6, 6.07) is 5.47. The number of hydrogen-bond donors (Lipinski definition) is 1. The third-order valence-electron chi connectivity index (χ3n) is 2.77. The lowest BCUT2D eigenvalue weighted by Gasteiger charge is -2.17. The van der Waals surface area contributed by atoms with Gasteiger partial charge in [0, 0.05) is 23.2 Å². The molecule has 0 aliphatic rings. The second-order valence-corrected chi connectivity index (χ2v) is 4.87. The van der Waals surface area contributed by atoms with Crippen molar-refractivity contribution in [2.75, 3.05) is 5.32 Å². The van der Waals surface area contributed by atoms with Gasteiger partial charge in [0.1, 0.15) is 0 Å². The van der Waals surface area contributed by atoms with E-state index in [1.165, 1.54) is 0 Å². The van der Waals surface area contributed by atoms with E-state index in [1.807, 2.05) is 26.0 Å². The zero-order valence-corrected chi connectivity index (χ0v) is 11.2. The summed E-state index contributed by atoms with van der Waals surface area (Å²) >= 11 is 5.97. The Labute approximate surface area is 110 Å². The molecule has 0 aromatic heterocycles. The van der Waals surface area contributed by atoms with E-state index >= 15 is 0 Å². The molecule has 102 valence electrons. The Balaban J connectivity index is 2.45. The second kappa shape index (κ2) is 6.32. The van der Waals surface area contributed by atoms with Crippen LogP contribution in [0.15, 0.2) is 18.2 Å². The maximum Gasteiger partial charge on any atom is 0.389 e. The van der Waals surface area contributed by atoms with Crippen LogP contribution in [0, 0.1) is 6.92 Å². The van der Waals surface area contributed by atoms with Crippen LogP contribution in [0.4, 0.5) is 18.9 Å². The number of alkyl halides is 3. The third kappa shape index (κ3) is 5.17. The van der Waals surface area contributed by atoms with E-state index < -0.39 is 12.6 Å². The van der Waals surface area contributed by atoms with Crippen molar-refractivity contribution in [1.29, 1.82) is 0 Å². The van der Waals surface area contributed by atoms with Crippen LogP contribution < -0.4 is 5.32 Å². The van der Waals surface area contributed by atoms with Gasteiger partial charge >= 0.3 is 6.18 Å². The second-order valence-electron chi connectivity index (χ2n) is 4.47. The summed E-state index contributed by atoms with van der Waals surface area (Å²) in [5.74, 6) is 0. The number of hydrogen-bond acceptors (Lipinski definition) is 1. The summed E-state index contributed by atoms with van der Waals surface area (Å²) < 4.78 is 36.0. The highest BCUT2D eigenvalue weighted by Crippen LogP contribution is 2.26. The molecule has 0 fully saturated rings. The van der Waals surface area contributed by atoms with Crippen molar-refractivity contribution in [3.05, 3.63) is 28.8 Å². The lowest BCUT2D eigenvalue weighted by atomic mass is 10.1. The number of benzene rings is 1. The standard InChI is InChI=1S/C13H17ClF3N/c1-9(5-4-8-13(15,16)17)18-12-7-3-6-11(14)10(12)2/h3,6-7,9,18H,4-5,8H2,1-2H3. The predicted octanol–water partition coefficient (Wildman–Crippen LogP) is 5.18. The van der Waals surface area contributed by atoms with Gasteiger partial charge in [0.15, 0.2) is 0 Å². The van der Waals surface area contributed by atoms with E-state index in [1.54, 1.807) is 6.07 Å². The number of nitrogens with one attached hydrogen (secondary N) is 1. The molecule has 1 rings (SSSR count). The summed E-state index contributed by atoms with van der Waals surface area (Å²) in [5.41, 5.74) is 1.80. The van der Waals surface area contributed by atoms with E-state index in [9.17, 15) is 13.2 Å². The monoisotopic (exact) mass is 279 g/mol. The molecule has 0 saturated carbocycles. The minimum absolute atomic E-state index is 0.00971. The molecule has 1 aromatic carbocycles. The highest BCUT2D eigenvalue weighted by atomic mass is 35.5. The van der Waals surface area contributed by atoms with Crippen LogP contribution in [0.1, 0.15) is 31.7 Å². The molecule has 0 heterocycles. The van der Waals surface area contributed by atoms with Gasteiger partial charge in [0.05, 0.1) is 0 Å². The molecule has 0 amide bonds. The van der Waals surface area contributed by atoms with Crippen LogP contribution in [0.2, 0.25) is 5.02 Å². The summed E-state index contributed by atoms with van der Waals surface area (Å²) in [7, 11) is 0. The average Bonchev–Trinajstić information content (AvgIpc) is 2.23. The average molecular weight is 280 g/mol. The molecule has 1 nitrogen and oxygen atoms in total. The van der Waals surface area contributed by atoms with Crippen molar-refractivity contribution in [3.63, 3.8) is 0 Å². The Morgan fingerprint density at radius 1 is 1.33 bits per heavy atom. The Kier molecular flexibility index (Phi) is 5.32. The first-order valence-electron chi connectivity index (χ1n) is 5.88. The first-order valence-corrected chi connectivity index (χ1v) is 6.26. The highest BCUT2D eigenvalue weighted by molar-refractivity contribution is 6.31. The van der Waals surface area contributed by atoms with Gasteiger partial charge in [0.2, 0.25) is 0 Å². The van der Waals surface area contributed by atoms with Gasteiger partial charge in [-0.3, -0.25) is 0 Å². The molecule has 0 bridgehead atoms. The zero-order valence-electron chi connectivity index (χ0n) is 10.4. The molecule has 1 N–H and O–H groups in total. The van der Waals surface area contributed by atoms with Crippen LogP contribution in [0.25, 0.3) is 0 Å². The van der Waals surface area contributed by atoms with Gasteiger partial charge in [-0.15, -0.1) is 0 Å². The topological polar surface area (TPSA) is 12.0 Å². The van der Waals surface area contributed by atoms with Gasteiger partial charge < -0.3 is 5.32 Å². The quantitative estimate of drug-likeness (QED) is 0.783. The maximum atomic E-state index is 12.0. The van der Waals surface area contributed by atoms with E-state index in [2.05, 4.69) is 5.32 Å². The fraction of sp³-hybridized carbons (Fsp3) is 0.538. The Morgan fingerprint density at radius 2 is 2.00 bits per heavy atom. The minimum Gasteiger partial charge on any atom is -0.382 e. The number of anilines is 1. The van der Waals surface area contributed by atoms with Crippen LogP contribution in [0.3, 0.4) is 0 Å². The van der Waals surface area contributed by atoms with Gasteiger partial charge in [-0.2, -0.15) is 13.2 Å². The summed E-state index contributed by atoms with van der Waals surface area (Å²) in [6.45, 7) is 3.75. The predicted molar refractivity (Wildman–Crippen MR) is 69.2 cm³/mol. The zero-order chi connectivity index (χ0) is 13.8. The molecule has 0 radical (unpaired) electrons. The summed E-state index contributed by atoms with van der Waals surface area (Å²) in [5, 5.41) is 3.84. The molecular formula is C13H17ClF3N. The van der Waals surface area contributed by atoms with E-state index in [0.29, 0.717) is 11.4 Å². The van der Waals surface area contributed by atoms with Crippen molar-refractivity contribution >= 4 is 17.3 Å². The van der Waals surface area contributed by atoms with Crippen LogP contribution in [-0.2, 0) is 0 Å². The molecular weight excluding hydrogens is 263 g/mol. The van der Waals surface area contributed by atoms with Crippen molar-refractivity contribution < 1.29 is 13.2 Å². The SMILES string of the molecule is Cc1c(Cl)cccc1NC(C)CCCC(F)(F)F. The van der Waals surface area contributed by atoms with Crippen LogP contribution in [0.5, 0.6) is 0 Å². The first kappa shape index (κ1) is 15.2. The van der Waals surface area contributed by atoms with Gasteiger partial charge in [0.25, 0.3) is 0 Å². The normalized spacial score (nSPS) is 13.4. The largest absolute Gasteiger partial charge is 0.389 e. The van der Waals surface area contributed by atoms with Gasteiger partial charge in [-0.25, -0.2) is 0 Å². The molecule has 1 atom stereocenters. The van der Waals surface area contributed by atoms with Gasteiger partial charge in [-0.1, -0.05) is 17.7 Å². The Bertz CT molecular complexity index is 390. The van der Waals surface area contributed by atoms with E-state index in [4.69, 9.17) is 11.6 Å². The fourth-order valence-corrected chi connectivity index (χ4v) is 1.88. The molecule has 0 spiro atoms. The highest BCUT2D eigenvalue weighted by Gasteiger charge is 2.26. The molecule has 1 aromatic rings. The number of rotatable bonds is 5.